The molecule has 6 heteroatoms. The highest BCUT2D eigenvalue weighted by Gasteiger charge is 2.30. The maximum atomic E-state index is 13.6. The van der Waals surface area contributed by atoms with Crippen molar-refractivity contribution in [1.29, 1.82) is 0 Å². The number of rotatable bonds is 12. The third-order valence-electron chi connectivity index (χ3n) is 5.84. The molecule has 0 aliphatic carbocycles. The fraction of sp³-hybridized carbons (Fsp3) is 0.333. The van der Waals surface area contributed by atoms with Crippen molar-refractivity contribution in [2.24, 2.45) is 5.92 Å². The number of thioether (sulfide) groups is 1. The zero-order chi connectivity index (χ0) is 25.9. The number of carbonyl (C=O) groups is 2. The highest BCUT2D eigenvalue weighted by molar-refractivity contribution is 7.99. The Kier molecular flexibility index (Phi) is 10.6. The van der Waals surface area contributed by atoms with E-state index in [4.69, 9.17) is 0 Å². The van der Waals surface area contributed by atoms with Gasteiger partial charge < -0.3 is 10.2 Å². The first-order valence-corrected chi connectivity index (χ1v) is 13.5. The molecule has 190 valence electrons. The molecule has 0 radical (unpaired) electrons. The lowest BCUT2D eigenvalue weighted by atomic mass is 10.0. The van der Waals surface area contributed by atoms with Crippen molar-refractivity contribution < 1.29 is 14.0 Å². The van der Waals surface area contributed by atoms with Gasteiger partial charge in [0.15, 0.2) is 0 Å². The van der Waals surface area contributed by atoms with Crippen LogP contribution in [-0.2, 0) is 28.3 Å². The number of hydrogen-bond acceptors (Lipinski definition) is 3. The maximum Gasteiger partial charge on any atom is 0.243 e. The summed E-state index contributed by atoms with van der Waals surface area (Å²) in [5, 5.41) is 3.02. The fourth-order valence-electron chi connectivity index (χ4n) is 3.79. The normalized spacial score (nSPS) is 11.8. The minimum absolute atomic E-state index is 0.114. The summed E-state index contributed by atoms with van der Waals surface area (Å²) in [6.07, 6.45) is 0.403. The molecule has 4 nitrogen and oxygen atoms in total. The maximum absolute atomic E-state index is 13.6. The highest BCUT2D eigenvalue weighted by Crippen LogP contribution is 2.19. The second-order valence-electron chi connectivity index (χ2n) is 9.47. The molecule has 0 spiro atoms. The molecule has 0 unspecified atom stereocenters. The predicted molar refractivity (Wildman–Crippen MR) is 146 cm³/mol. The third-order valence-corrected chi connectivity index (χ3v) is 6.83. The van der Waals surface area contributed by atoms with E-state index in [-0.39, 0.29) is 35.8 Å². The monoisotopic (exact) mass is 506 g/mol. The summed E-state index contributed by atoms with van der Waals surface area (Å²) in [7, 11) is 0. The Morgan fingerprint density at radius 2 is 1.53 bits per heavy atom. The zero-order valence-electron chi connectivity index (χ0n) is 21.2. The smallest absolute Gasteiger partial charge is 0.243 e. The summed E-state index contributed by atoms with van der Waals surface area (Å²) >= 11 is 1.53. The van der Waals surface area contributed by atoms with Crippen LogP contribution in [0.2, 0.25) is 0 Å². The summed E-state index contributed by atoms with van der Waals surface area (Å²) in [5.74, 6) is 0.624. The van der Waals surface area contributed by atoms with Crippen molar-refractivity contribution in [2.75, 3.05) is 12.3 Å². The van der Waals surface area contributed by atoms with Crippen molar-refractivity contribution in [3.05, 3.63) is 107 Å². The molecule has 0 aromatic heterocycles. The van der Waals surface area contributed by atoms with E-state index < -0.39 is 6.04 Å². The SMILES string of the molecule is Cc1ccc(CSCC(=O)N(Cc2ccc(F)cc2)[C@H](Cc2ccccc2)C(=O)NCC(C)C)cc1. The zero-order valence-corrected chi connectivity index (χ0v) is 22.1. The topological polar surface area (TPSA) is 49.4 Å². The first-order chi connectivity index (χ1) is 17.3. The van der Waals surface area contributed by atoms with Crippen LogP contribution in [0.3, 0.4) is 0 Å². The van der Waals surface area contributed by atoms with Crippen LogP contribution in [0.25, 0.3) is 0 Å². The molecule has 0 heterocycles. The lowest BCUT2D eigenvalue weighted by molar-refractivity contribution is -0.139. The Labute approximate surface area is 218 Å². The van der Waals surface area contributed by atoms with Gasteiger partial charge in [-0.05, 0) is 41.7 Å². The summed E-state index contributed by atoms with van der Waals surface area (Å²) in [5.41, 5.74) is 4.11. The molecule has 0 bridgehead atoms. The molecule has 2 amide bonds. The minimum atomic E-state index is -0.677. The van der Waals surface area contributed by atoms with Gasteiger partial charge in [0.25, 0.3) is 0 Å². The van der Waals surface area contributed by atoms with Gasteiger partial charge in [-0.2, -0.15) is 0 Å². The molecule has 36 heavy (non-hydrogen) atoms. The lowest BCUT2D eigenvalue weighted by Crippen LogP contribution is -2.51. The van der Waals surface area contributed by atoms with Crippen LogP contribution >= 0.6 is 11.8 Å². The second kappa shape index (κ2) is 13.8. The second-order valence-corrected chi connectivity index (χ2v) is 10.5. The van der Waals surface area contributed by atoms with Crippen molar-refractivity contribution in [3.8, 4) is 0 Å². The molecule has 0 aliphatic rings. The van der Waals surface area contributed by atoms with Crippen LogP contribution in [0.15, 0.2) is 78.9 Å². The summed E-state index contributed by atoms with van der Waals surface area (Å²) < 4.78 is 13.5. The average molecular weight is 507 g/mol. The summed E-state index contributed by atoms with van der Waals surface area (Å²) in [6.45, 7) is 6.89. The van der Waals surface area contributed by atoms with Crippen molar-refractivity contribution >= 4 is 23.6 Å². The quantitative estimate of drug-likeness (QED) is 0.339. The van der Waals surface area contributed by atoms with Crippen LogP contribution in [0.4, 0.5) is 4.39 Å². The number of nitrogens with one attached hydrogen (secondary N) is 1. The van der Waals surface area contributed by atoms with Gasteiger partial charge >= 0.3 is 0 Å². The van der Waals surface area contributed by atoms with E-state index in [0.717, 1.165) is 16.7 Å². The van der Waals surface area contributed by atoms with E-state index in [1.807, 2.05) is 51.1 Å². The van der Waals surface area contributed by atoms with Crippen LogP contribution in [0, 0.1) is 18.7 Å². The highest BCUT2D eigenvalue weighted by atomic mass is 32.2. The largest absolute Gasteiger partial charge is 0.354 e. The molecular formula is C30H35FN2O2S. The summed E-state index contributed by atoms with van der Waals surface area (Å²) in [6, 6.07) is 23.4. The van der Waals surface area contributed by atoms with Gasteiger partial charge in [-0.1, -0.05) is 86.1 Å². The number of nitrogens with zero attached hydrogens (tertiary/aromatic N) is 1. The predicted octanol–water partition coefficient (Wildman–Crippen LogP) is 5.78. The van der Waals surface area contributed by atoms with Crippen molar-refractivity contribution in [1.82, 2.24) is 10.2 Å². The van der Waals surface area contributed by atoms with Gasteiger partial charge in [0.1, 0.15) is 11.9 Å². The van der Waals surface area contributed by atoms with Crippen LogP contribution < -0.4 is 5.32 Å². The van der Waals surface area contributed by atoms with Crippen LogP contribution in [-0.4, -0.2) is 35.1 Å². The van der Waals surface area contributed by atoms with Gasteiger partial charge in [0.2, 0.25) is 11.8 Å². The Balaban J connectivity index is 1.82. The lowest BCUT2D eigenvalue weighted by Gasteiger charge is -2.32. The number of benzene rings is 3. The Morgan fingerprint density at radius 3 is 2.17 bits per heavy atom. The number of amides is 2. The van der Waals surface area contributed by atoms with Gasteiger partial charge in [0.05, 0.1) is 5.75 Å². The average Bonchev–Trinajstić information content (AvgIpc) is 2.87. The van der Waals surface area contributed by atoms with Gasteiger partial charge in [-0.15, -0.1) is 11.8 Å². The van der Waals surface area contributed by atoms with E-state index >= 15 is 0 Å². The molecule has 3 rings (SSSR count). The van der Waals surface area contributed by atoms with Crippen LogP contribution in [0.5, 0.6) is 0 Å². The van der Waals surface area contributed by atoms with Gasteiger partial charge in [-0.3, -0.25) is 9.59 Å². The number of halogens is 1. The fourth-order valence-corrected chi connectivity index (χ4v) is 4.66. The molecule has 3 aromatic rings. The van der Waals surface area contributed by atoms with E-state index in [1.54, 1.807) is 17.0 Å². The number of aryl methyl sites for hydroxylation is 1. The number of carbonyl (C=O) groups excluding carboxylic acids is 2. The van der Waals surface area contributed by atoms with E-state index in [1.165, 1.54) is 29.5 Å². The third kappa shape index (κ3) is 8.83. The first-order valence-electron chi connectivity index (χ1n) is 12.3. The van der Waals surface area contributed by atoms with Crippen LogP contribution in [0.1, 0.15) is 36.1 Å². The molecular weight excluding hydrogens is 471 g/mol. The van der Waals surface area contributed by atoms with Crippen molar-refractivity contribution in [2.45, 2.75) is 45.5 Å². The molecule has 1 atom stereocenters. The Bertz CT molecular complexity index is 1100. The first kappa shape index (κ1) is 27.5. The van der Waals surface area contributed by atoms with Gasteiger partial charge in [-0.25, -0.2) is 4.39 Å². The molecule has 0 fully saturated rings. The number of hydrogen-bond donors (Lipinski definition) is 1. The minimum Gasteiger partial charge on any atom is -0.354 e. The molecule has 0 saturated carbocycles. The van der Waals surface area contributed by atoms with Gasteiger partial charge in [0, 0.05) is 25.3 Å². The standard InChI is InChI=1S/C30H35FN2O2S/c1-22(2)18-32-30(35)28(17-24-7-5-4-6-8-24)33(19-25-13-15-27(31)16-14-25)29(34)21-36-20-26-11-9-23(3)10-12-26/h4-16,22,28H,17-21H2,1-3H3,(H,32,35)/t28-/m1/s1. The van der Waals surface area contributed by atoms with E-state index in [0.29, 0.717) is 18.7 Å². The Hall–Kier alpha value is -3.12. The Morgan fingerprint density at radius 1 is 0.889 bits per heavy atom. The molecule has 0 saturated heterocycles. The molecule has 1 N–H and O–H groups in total. The van der Waals surface area contributed by atoms with Crippen molar-refractivity contribution in [3.63, 3.8) is 0 Å². The molecule has 3 aromatic carbocycles. The molecule has 0 aliphatic heterocycles. The van der Waals surface area contributed by atoms with E-state index in [9.17, 15) is 14.0 Å². The van der Waals surface area contributed by atoms with E-state index in [2.05, 4.69) is 29.6 Å². The summed E-state index contributed by atoms with van der Waals surface area (Å²) in [4.78, 5) is 28.6.